The Kier molecular flexibility index (Phi) is 5.07. The molecule has 0 aromatic heterocycles. The second-order valence-electron chi connectivity index (χ2n) is 7.81. The summed E-state index contributed by atoms with van der Waals surface area (Å²) in [5.41, 5.74) is 2.94. The van der Waals surface area contributed by atoms with Gasteiger partial charge in [-0.3, -0.25) is 14.6 Å². The molecule has 26 heavy (non-hydrogen) atoms. The average molecular weight is 374 g/mol. The Balaban J connectivity index is 2.16. The Hall–Kier alpha value is -1.94. The van der Waals surface area contributed by atoms with Gasteiger partial charge in [0.05, 0.1) is 6.61 Å². The van der Waals surface area contributed by atoms with Crippen LogP contribution in [-0.4, -0.2) is 24.1 Å². The molecule has 2 aliphatic rings. The van der Waals surface area contributed by atoms with Gasteiger partial charge in [0.15, 0.2) is 5.78 Å². The Morgan fingerprint density at radius 3 is 2.54 bits per heavy atom. The van der Waals surface area contributed by atoms with E-state index >= 15 is 0 Å². The molecular formula is C21H24ClNO3. The smallest absolute Gasteiger partial charge is 0.315 e. The molecule has 1 aliphatic heterocycles. The third-order valence-electron chi connectivity index (χ3n) is 5.07. The molecule has 0 amide bonds. The molecule has 1 heterocycles. The lowest BCUT2D eigenvalue weighted by Crippen LogP contribution is -2.39. The van der Waals surface area contributed by atoms with Crippen LogP contribution in [0.5, 0.6) is 0 Å². The molecule has 3 rings (SSSR count). The normalized spacial score (nSPS) is 24.8. The molecule has 4 nitrogen and oxygen atoms in total. The summed E-state index contributed by atoms with van der Waals surface area (Å²) in [7, 11) is 0. The highest BCUT2D eigenvalue weighted by Gasteiger charge is 2.45. The summed E-state index contributed by atoms with van der Waals surface area (Å²) in [4.78, 5) is 30.4. The van der Waals surface area contributed by atoms with E-state index in [9.17, 15) is 9.59 Å². The van der Waals surface area contributed by atoms with Crippen LogP contribution in [0.1, 0.15) is 52.0 Å². The summed E-state index contributed by atoms with van der Waals surface area (Å²) in [5, 5.41) is 0.618. The van der Waals surface area contributed by atoms with Crippen LogP contribution in [0, 0.1) is 11.3 Å². The highest BCUT2D eigenvalue weighted by atomic mass is 35.5. The first-order valence-electron chi connectivity index (χ1n) is 8.97. The molecule has 2 atom stereocenters. The molecule has 0 saturated heterocycles. The van der Waals surface area contributed by atoms with Gasteiger partial charge in [-0.05, 0) is 43.4 Å². The number of benzene rings is 1. The number of hydrogen-bond donors (Lipinski definition) is 0. The van der Waals surface area contributed by atoms with Crippen molar-refractivity contribution in [1.82, 2.24) is 0 Å². The van der Waals surface area contributed by atoms with E-state index < -0.39 is 5.92 Å². The Morgan fingerprint density at radius 2 is 1.92 bits per heavy atom. The third kappa shape index (κ3) is 3.48. The lowest BCUT2D eigenvalue weighted by atomic mass is 9.67. The summed E-state index contributed by atoms with van der Waals surface area (Å²) in [6.07, 6.45) is 1.19. The van der Waals surface area contributed by atoms with E-state index in [0.29, 0.717) is 29.3 Å². The predicted molar refractivity (Wildman–Crippen MR) is 102 cm³/mol. The number of halogens is 1. The number of hydrogen-bond acceptors (Lipinski definition) is 4. The zero-order chi connectivity index (χ0) is 19.1. The first kappa shape index (κ1) is 18.8. The number of ketones is 1. The molecule has 138 valence electrons. The van der Waals surface area contributed by atoms with Gasteiger partial charge in [-0.15, -0.1) is 0 Å². The maximum atomic E-state index is 13.0. The number of carbonyl (C=O) groups excluding carboxylic acids is 2. The van der Waals surface area contributed by atoms with Crippen LogP contribution in [0.2, 0.25) is 5.02 Å². The predicted octanol–water partition coefficient (Wildman–Crippen LogP) is 4.72. The molecule has 0 saturated carbocycles. The van der Waals surface area contributed by atoms with Crippen molar-refractivity contribution >= 4 is 29.1 Å². The van der Waals surface area contributed by atoms with Crippen molar-refractivity contribution in [2.75, 3.05) is 6.61 Å². The lowest BCUT2D eigenvalue weighted by Gasteiger charge is -2.39. The van der Waals surface area contributed by atoms with Gasteiger partial charge in [-0.1, -0.05) is 37.6 Å². The van der Waals surface area contributed by atoms with Crippen LogP contribution in [0.15, 0.2) is 40.5 Å². The minimum atomic E-state index is -0.583. The van der Waals surface area contributed by atoms with E-state index in [0.717, 1.165) is 17.7 Å². The monoisotopic (exact) mass is 373 g/mol. The summed E-state index contributed by atoms with van der Waals surface area (Å²) in [5.74, 6) is -1.22. The Bertz CT molecular complexity index is 805. The van der Waals surface area contributed by atoms with Crippen LogP contribution in [0.4, 0.5) is 0 Å². The zero-order valence-corrected chi connectivity index (χ0v) is 16.4. The summed E-state index contributed by atoms with van der Waals surface area (Å²) < 4.78 is 5.30. The molecule has 0 fully saturated rings. The van der Waals surface area contributed by atoms with Crippen molar-refractivity contribution in [2.45, 2.75) is 46.5 Å². The van der Waals surface area contributed by atoms with Crippen molar-refractivity contribution < 1.29 is 14.3 Å². The fraction of sp³-hybridized carbons (Fsp3) is 0.476. The summed E-state index contributed by atoms with van der Waals surface area (Å²) in [6, 6.07) is 7.35. The van der Waals surface area contributed by atoms with Crippen LogP contribution in [-0.2, 0) is 14.3 Å². The fourth-order valence-corrected chi connectivity index (χ4v) is 4.14. The van der Waals surface area contributed by atoms with Crippen LogP contribution < -0.4 is 0 Å². The molecule has 1 unspecified atom stereocenters. The highest BCUT2D eigenvalue weighted by molar-refractivity contribution is 6.30. The SMILES string of the molecule is CCOC(=O)C1C(C)=NC2=C(C(=O)CC(C)(C)C2)[C@@H]1c1ccc(Cl)cc1. The maximum Gasteiger partial charge on any atom is 0.315 e. The lowest BCUT2D eigenvalue weighted by molar-refractivity contribution is -0.146. The zero-order valence-electron chi connectivity index (χ0n) is 15.6. The van der Waals surface area contributed by atoms with Crippen LogP contribution >= 0.6 is 11.6 Å². The third-order valence-corrected chi connectivity index (χ3v) is 5.32. The van der Waals surface area contributed by atoms with E-state index in [2.05, 4.69) is 18.8 Å². The minimum absolute atomic E-state index is 0.0711. The van der Waals surface area contributed by atoms with Crippen molar-refractivity contribution in [1.29, 1.82) is 0 Å². The van der Waals surface area contributed by atoms with Gasteiger partial charge in [0.25, 0.3) is 0 Å². The van der Waals surface area contributed by atoms with Crippen molar-refractivity contribution in [2.24, 2.45) is 16.3 Å². The molecule has 1 aromatic carbocycles. The number of nitrogens with zero attached hydrogens (tertiary/aromatic N) is 1. The standard InChI is InChI=1S/C21H24ClNO3/c1-5-26-20(25)17-12(2)23-15-10-21(3,4)11-16(24)19(15)18(17)13-6-8-14(22)9-7-13/h6-9,17-18H,5,10-11H2,1-4H3/t17?,18-/m1/s1. The molecule has 1 aliphatic carbocycles. The maximum absolute atomic E-state index is 13.0. The molecule has 0 bridgehead atoms. The molecule has 0 spiro atoms. The number of rotatable bonds is 3. The quantitative estimate of drug-likeness (QED) is 0.720. The van der Waals surface area contributed by atoms with E-state index in [1.807, 2.05) is 19.1 Å². The van der Waals surface area contributed by atoms with E-state index in [1.165, 1.54) is 0 Å². The Labute approximate surface area is 159 Å². The minimum Gasteiger partial charge on any atom is -0.465 e. The number of ether oxygens (including phenoxy) is 1. The van der Waals surface area contributed by atoms with Gasteiger partial charge in [-0.25, -0.2) is 0 Å². The molecular weight excluding hydrogens is 350 g/mol. The molecule has 0 radical (unpaired) electrons. The fourth-order valence-electron chi connectivity index (χ4n) is 4.01. The number of allylic oxidation sites excluding steroid dienone is 2. The van der Waals surface area contributed by atoms with Crippen LogP contribution in [0.25, 0.3) is 0 Å². The summed E-state index contributed by atoms with van der Waals surface area (Å²) >= 11 is 6.04. The summed E-state index contributed by atoms with van der Waals surface area (Å²) in [6.45, 7) is 8.08. The van der Waals surface area contributed by atoms with Gasteiger partial charge in [0.1, 0.15) is 5.92 Å². The largest absolute Gasteiger partial charge is 0.465 e. The highest BCUT2D eigenvalue weighted by Crippen LogP contribution is 2.47. The molecule has 5 heteroatoms. The number of aliphatic imine (C=N–C) groups is 1. The topological polar surface area (TPSA) is 55.7 Å². The first-order chi connectivity index (χ1) is 12.2. The second kappa shape index (κ2) is 6.99. The van der Waals surface area contributed by atoms with Crippen LogP contribution in [0.3, 0.4) is 0 Å². The van der Waals surface area contributed by atoms with Crippen molar-refractivity contribution in [3.63, 3.8) is 0 Å². The van der Waals surface area contributed by atoms with Gasteiger partial charge in [0.2, 0.25) is 0 Å². The Morgan fingerprint density at radius 1 is 1.27 bits per heavy atom. The van der Waals surface area contributed by atoms with Gasteiger partial charge in [-0.2, -0.15) is 0 Å². The van der Waals surface area contributed by atoms with E-state index in [4.69, 9.17) is 16.3 Å². The molecule has 0 N–H and O–H groups in total. The number of Topliss-reactive ketones (excluding diaryl/α,β-unsaturated/α-hetero) is 1. The van der Waals surface area contributed by atoms with Gasteiger partial charge in [0, 0.05) is 34.3 Å². The van der Waals surface area contributed by atoms with E-state index in [1.54, 1.807) is 19.1 Å². The second-order valence-corrected chi connectivity index (χ2v) is 8.25. The van der Waals surface area contributed by atoms with Crippen molar-refractivity contribution in [3.05, 3.63) is 46.1 Å². The van der Waals surface area contributed by atoms with Crippen molar-refractivity contribution in [3.8, 4) is 0 Å². The first-order valence-corrected chi connectivity index (χ1v) is 9.35. The average Bonchev–Trinajstić information content (AvgIpc) is 2.53. The van der Waals surface area contributed by atoms with Gasteiger partial charge < -0.3 is 4.74 Å². The number of carbonyl (C=O) groups is 2. The molecule has 1 aromatic rings. The number of esters is 1. The van der Waals surface area contributed by atoms with Gasteiger partial charge >= 0.3 is 5.97 Å². The van der Waals surface area contributed by atoms with E-state index in [-0.39, 0.29) is 23.1 Å².